The van der Waals surface area contributed by atoms with E-state index in [4.69, 9.17) is 0 Å². The maximum absolute atomic E-state index is 12.0. The molecule has 18 heavy (non-hydrogen) atoms. The van der Waals surface area contributed by atoms with Crippen LogP contribution in [-0.2, 0) is 0 Å². The molecule has 2 atom stereocenters. The van der Waals surface area contributed by atoms with E-state index in [9.17, 15) is 4.79 Å². The molecule has 3 rings (SSSR count). The molecule has 1 heterocycles. The zero-order chi connectivity index (χ0) is 12.4. The molecule has 1 aromatic rings. The maximum Gasteiger partial charge on any atom is 0.270 e. The van der Waals surface area contributed by atoms with E-state index in [-0.39, 0.29) is 5.91 Å². The number of pyridine rings is 1. The fourth-order valence-electron chi connectivity index (χ4n) is 3.11. The van der Waals surface area contributed by atoms with Gasteiger partial charge in [0.25, 0.3) is 5.91 Å². The summed E-state index contributed by atoms with van der Waals surface area (Å²) in [6, 6.07) is 5.83. The number of aromatic nitrogens is 1. The molecule has 2 saturated carbocycles. The smallest absolute Gasteiger partial charge is 0.270 e. The topological polar surface area (TPSA) is 42.0 Å². The van der Waals surface area contributed by atoms with Crippen LogP contribution in [0.2, 0.25) is 0 Å². The van der Waals surface area contributed by atoms with E-state index in [0.29, 0.717) is 11.7 Å². The monoisotopic (exact) mass is 244 g/mol. The van der Waals surface area contributed by atoms with Crippen LogP contribution in [0.15, 0.2) is 24.4 Å². The van der Waals surface area contributed by atoms with E-state index in [1.165, 1.54) is 32.1 Å². The van der Waals surface area contributed by atoms with Gasteiger partial charge in [-0.2, -0.15) is 0 Å². The molecule has 0 aliphatic heterocycles. The van der Waals surface area contributed by atoms with Gasteiger partial charge in [-0.3, -0.25) is 9.78 Å². The lowest BCUT2D eigenvalue weighted by molar-refractivity contribution is 0.0912. The van der Waals surface area contributed by atoms with Crippen LogP contribution in [0, 0.1) is 11.8 Å². The van der Waals surface area contributed by atoms with Gasteiger partial charge < -0.3 is 5.32 Å². The molecule has 2 unspecified atom stereocenters. The number of nitrogens with zero attached hydrogens (tertiary/aromatic N) is 1. The molecule has 3 nitrogen and oxygen atoms in total. The Labute approximate surface area is 108 Å². The Morgan fingerprint density at radius 1 is 1.17 bits per heavy atom. The summed E-state index contributed by atoms with van der Waals surface area (Å²) in [6.07, 6.45) is 9.40. The van der Waals surface area contributed by atoms with Crippen molar-refractivity contribution in [2.75, 3.05) is 0 Å². The van der Waals surface area contributed by atoms with Gasteiger partial charge in [-0.1, -0.05) is 18.9 Å². The third-order valence-electron chi connectivity index (χ3n) is 4.24. The summed E-state index contributed by atoms with van der Waals surface area (Å²) in [5.41, 5.74) is 0.533. The Hall–Kier alpha value is -1.38. The number of carbonyl (C=O) groups excluding carboxylic acids is 1. The first-order chi connectivity index (χ1) is 8.83. The lowest BCUT2D eigenvalue weighted by Crippen LogP contribution is -2.39. The SMILES string of the molecule is O=C(NC1CCCC(C2CC2)C1)c1ccccn1. The van der Waals surface area contributed by atoms with Crippen LogP contribution in [0.25, 0.3) is 0 Å². The molecular formula is C15H20N2O. The molecule has 0 aromatic carbocycles. The normalized spacial score (nSPS) is 27.8. The van der Waals surface area contributed by atoms with Crippen molar-refractivity contribution in [3.8, 4) is 0 Å². The van der Waals surface area contributed by atoms with Crippen molar-refractivity contribution in [2.45, 2.75) is 44.6 Å². The highest BCUT2D eigenvalue weighted by molar-refractivity contribution is 5.92. The molecule has 0 saturated heterocycles. The zero-order valence-electron chi connectivity index (χ0n) is 10.6. The minimum absolute atomic E-state index is 0.0166. The van der Waals surface area contributed by atoms with Crippen molar-refractivity contribution in [3.05, 3.63) is 30.1 Å². The van der Waals surface area contributed by atoms with Gasteiger partial charge in [-0.25, -0.2) is 0 Å². The second-order valence-corrected chi connectivity index (χ2v) is 5.65. The molecule has 2 aliphatic rings. The molecule has 0 radical (unpaired) electrons. The van der Waals surface area contributed by atoms with Crippen molar-refractivity contribution < 1.29 is 4.79 Å². The van der Waals surface area contributed by atoms with E-state index in [1.807, 2.05) is 12.1 Å². The van der Waals surface area contributed by atoms with Crippen LogP contribution in [0.1, 0.15) is 49.0 Å². The van der Waals surface area contributed by atoms with Crippen molar-refractivity contribution in [1.82, 2.24) is 10.3 Å². The number of rotatable bonds is 3. The van der Waals surface area contributed by atoms with E-state index >= 15 is 0 Å². The van der Waals surface area contributed by atoms with Crippen LogP contribution in [-0.4, -0.2) is 16.9 Å². The third-order valence-corrected chi connectivity index (χ3v) is 4.24. The minimum Gasteiger partial charge on any atom is -0.348 e. The van der Waals surface area contributed by atoms with Gasteiger partial charge in [0.15, 0.2) is 0 Å². The van der Waals surface area contributed by atoms with E-state index in [1.54, 1.807) is 12.3 Å². The first-order valence-electron chi connectivity index (χ1n) is 7.05. The molecule has 0 spiro atoms. The van der Waals surface area contributed by atoms with Crippen molar-refractivity contribution >= 4 is 5.91 Å². The van der Waals surface area contributed by atoms with Gasteiger partial charge in [0, 0.05) is 12.2 Å². The highest BCUT2D eigenvalue weighted by Crippen LogP contribution is 2.43. The fourth-order valence-corrected chi connectivity index (χ4v) is 3.11. The second kappa shape index (κ2) is 5.09. The summed E-state index contributed by atoms with van der Waals surface area (Å²) in [6.45, 7) is 0. The van der Waals surface area contributed by atoms with Crippen LogP contribution in [0.3, 0.4) is 0 Å². The molecule has 2 fully saturated rings. The molecule has 1 amide bonds. The van der Waals surface area contributed by atoms with Crippen molar-refractivity contribution in [1.29, 1.82) is 0 Å². The van der Waals surface area contributed by atoms with E-state index in [0.717, 1.165) is 18.3 Å². The van der Waals surface area contributed by atoms with Crippen LogP contribution in [0.5, 0.6) is 0 Å². The Morgan fingerprint density at radius 2 is 2.06 bits per heavy atom. The predicted octanol–water partition coefficient (Wildman–Crippen LogP) is 2.78. The number of nitrogens with one attached hydrogen (secondary N) is 1. The Morgan fingerprint density at radius 3 is 2.78 bits per heavy atom. The number of hydrogen-bond acceptors (Lipinski definition) is 2. The highest BCUT2D eigenvalue weighted by atomic mass is 16.1. The quantitative estimate of drug-likeness (QED) is 0.888. The van der Waals surface area contributed by atoms with Crippen molar-refractivity contribution in [2.24, 2.45) is 11.8 Å². The lowest BCUT2D eigenvalue weighted by atomic mass is 9.82. The van der Waals surface area contributed by atoms with Crippen LogP contribution < -0.4 is 5.32 Å². The summed E-state index contributed by atoms with van der Waals surface area (Å²) in [4.78, 5) is 16.1. The predicted molar refractivity (Wildman–Crippen MR) is 70.2 cm³/mol. The fraction of sp³-hybridized carbons (Fsp3) is 0.600. The highest BCUT2D eigenvalue weighted by Gasteiger charge is 2.35. The summed E-state index contributed by atoms with van der Waals surface area (Å²) < 4.78 is 0. The third kappa shape index (κ3) is 2.71. The largest absolute Gasteiger partial charge is 0.348 e. The van der Waals surface area contributed by atoms with Gasteiger partial charge in [0.1, 0.15) is 5.69 Å². The summed E-state index contributed by atoms with van der Waals surface area (Å²) in [5.74, 6) is 1.80. The average Bonchev–Trinajstić information content (AvgIpc) is 3.24. The van der Waals surface area contributed by atoms with Gasteiger partial charge in [-0.15, -0.1) is 0 Å². The molecule has 1 aromatic heterocycles. The van der Waals surface area contributed by atoms with Gasteiger partial charge in [0.05, 0.1) is 0 Å². The van der Waals surface area contributed by atoms with E-state index in [2.05, 4.69) is 10.3 Å². The summed E-state index contributed by atoms with van der Waals surface area (Å²) in [5, 5.41) is 3.15. The van der Waals surface area contributed by atoms with Gasteiger partial charge in [-0.05, 0) is 49.7 Å². The maximum atomic E-state index is 12.0. The number of hydrogen-bond donors (Lipinski definition) is 1. The molecule has 0 bridgehead atoms. The molecule has 2 aliphatic carbocycles. The van der Waals surface area contributed by atoms with Crippen LogP contribution in [0.4, 0.5) is 0 Å². The molecule has 1 N–H and O–H groups in total. The minimum atomic E-state index is -0.0166. The Balaban J connectivity index is 1.57. The second-order valence-electron chi connectivity index (χ2n) is 5.65. The first kappa shape index (κ1) is 11.7. The summed E-state index contributed by atoms with van der Waals surface area (Å²) >= 11 is 0. The standard InChI is InChI=1S/C15H20N2O/c18-15(14-6-1-2-9-16-14)17-13-5-3-4-12(10-13)11-7-8-11/h1-2,6,9,11-13H,3-5,7-8,10H2,(H,17,18). The zero-order valence-corrected chi connectivity index (χ0v) is 10.6. The Kier molecular flexibility index (Phi) is 3.31. The first-order valence-corrected chi connectivity index (χ1v) is 7.05. The van der Waals surface area contributed by atoms with E-state index < -0.39 is 0 Å². The van der Waals surface area contributed by atoms with Crippen molar-refractivity contribution in [3.63, 3.8) is 0 Å². The number of amides is 1. The lowest BCUT2D eigenvalue weighted by Gasteiger charge is -2.29. The Bertz CT molecular complexity index is 414. The van der Waals surface area contributed by atoms with Gasteiger partial charge >= 0.3 is 0 Å². The van der Waals surface area contributed by atoms with Gasteiger partial charge in [0.2, 0.25) is 0 Å². The average molecular weight is 244 g/mol. The number of carbonyl (C=O) groups is 1. The molecule has 3 heteroatoms. The van der Waals surface area contributed by atoms with Crippen LogP contribution >= 0.6 is 0 Å². The molecule has 96 valence electrons. The molecular weight excluding hydrogens is 224 g/mol. The summed E-state index contributed by atoms with van der Waals surface area (Å²) in [7, 11) is 0.